The molecule has 2 aromatic rings. The summed E-state index contributed by atoms with van der Waals surface area (Å²) in [6.45, 7) is 1.78. The lowest BCUT2D eigenvalue weighted by Crippen LogP contribution is -1.86. The Morgan fingerprint density at radius 2 is 2.46 bits per heavy atom. The summed E-state index contributed by atoms with van der Waals surface area (Å²) in [5.41, 5.74) is 0.760. The average molecular weight is 199 g/mol. The highest BCUT2D eigenvalue weighted by molar-refractivity contribution is 6.20. The van der Waals surface area contributed by atoms with Crippen LogP contribution < -0.4 is 0 Å². The fraction of sp³-hybridized carbons (Fsp3) is 0.286. The number of aromatic amines is 1. The first kappa shape index (κ1) is 8.25. The monoisotopic (exact) mass is 198 g/mol. The quantitative estimate of drug-likeness (QED) is 0.747. The van der Waals surface area contributed by atoms with Crippen LogP contribution in [-0.2, 0) is 0 Å². The van der Waals surface area contributed by atoms with E-state index in [0.29, 0.717) is 11.7 Å². The van der Waals surface area contributed by atoms with Gasteiger partial charge in [-0.1, -0.05) is 5.16 Å². The zero-order valence-electron chi connectivity index (χ0n) is 6.86. The molecule has 0 aliphatic carbocycles. The van der Waals surface area contributed by atoms with E-state index in [-0.39, 0.29) is 5.38 Å². The molecule has 2 rings (SSSR count). The lowest BCUT2D eigenvalue weighted by molar-refractivity contribution is 0.422. The molecule has 6 heteroatoms. The summed E-state index contributed by atoms with van der Waals surface area (Å²) in [7, 11) is 0. The molecule has 2 aromatic heterocycles. The van der Waals surface area contributed by atoms with Gasteiger partial charge in [-0.2, -0.15) is 10.1 Å². The smallest absolute Gasteiger partial charge is 0.261 e. The summed E-state index contributed by atoms with van der Waals surface area (Å²) in [6, 6.07) is 0. The van der Waals surface area contributed by atoms with Gasteiger partial charge in [0, 0.05) is 6.20 Å². The van der Waals surface area contributed by atoms with E-state index < -0.39 is 0 Å². The maximum Gasteiger partial charge on any atom is 0.261 e. The van der Waals surface area contributed by atoms with Gasteiger partial charge in [0.15, 0.2) is 5.82 Å². The minimum absolute atomic E-state index is 0.246. The van der Waals surface area contributed by atoms with Crippen LogP contribution in [-0.4, -0.2) is 20.3 Å². The van der Waals surface area contributed by atoms with Crippen LogP contribution in [0.5, 0.6) is 0 Å². The van der Waals surface area contributed by atoms with Crippen molar-refractivity contribution in [2.45, 2.75) is 12.3 Å². The summed E-state index contributed by atoms with van der Waals surface area (Å²) >= 11 is 5.77. The van der Waals surface area contributed by atoms with E-state index in [1.165, 1.54) is 0 Å². The number of alkyl halides is 1. The molecule has 68 valence electrons. The Balaban J connectivity index is 2.33. The third-order valence-electron chi connectivity index (χ3n) is 1.54. The first-order valence-corrected chi connectivity index (χ1v) is 4.18. The first-order chi connectivity index (χ1) is 6.27. The molecule has 1 unspecified atom stereocenters. The van der Waals surface area contributed by atoms with Crippen LogP contribution in [0.1, 0.15) is 18.1 Å². The molecule has 0 aliphatic rings. The van der Waals surface area contributed by atoms with Crippen molar-refractivity contribution in [1.82, 2.24) is 20.3 Å². The molecule has 1 N–H and O–H groups in total. The van der Waals surface area contributed by atoms with E-state index in [4.69, 9.17) is 16.1 Å². The lowest BCUT2D eigenvalue weighted by atomic mass is 10.4. The van der Waals surface area contributed by atoms with Crippen molar-refractivity contribution in [2.75, 3.05) is 0 Å². The Bertz CT molecular complexity index is 381. The molecule has 0 amide bonds. The van der Waals surface area contributed by atoms with Gasteiger partial charge in [0.25, 0.3) is 5.89 Å². The summed E-state index contributed by atoms with van der Waals surface area (Å²) in [6.07, 6.45) is 3.28. The Morgan fingerprint density at radius 1 is 1.62 bits per heavy atom. The van der Waals surface area contributed by atoms with Crippen molar-refractivity contribution >= 4 is 11.6 Å². The van der Waals surface area contributed by atoms with Gasteiger partial charge in [0.2, 0.25) is 0 Å². The van der Waals surface area contributed by atoms with Gasteiger partial charge in [-0.3, -0.25) is 5.10 Å². The highest BCUT2D eigenvalue weighted by Gasteiger charge is 2.12. The second kappa shape index (κ2) is 3.18. The fourth-order valence-electron chi connectivity index (χ4n) is 0.882. The molecule has 0 aliphatic heterocycles. The number of hydrogen-bond acceptors (Lipinski definition) is 4. The third kappa shape index (κ3) is 1.55. The van der Waals surface area contributed by atoms with Crippen molar-refractivity contribution in [3.63, 3.8) is 0 Å². The summed E-state index contributed by atoms with van der Waals surface area (Å²) < 4.78 is 4.96. The van der Waals surface area contributed by atoms with E-state index in [1.807, 2.05) is 0 Å². The first-order valence-electron chi connectivity index (χ1n) is 3.74. The molecule has 0 bridgehead atoms. The molecule has 13 heavy (non-hydrogen) atoms. The molecule has 2 heterocycles. The molecule has 0 saturated heterocycles. The van der Waals surface area contributed by atoms with Gasteiger partial charge in [0.1, 0.15) is 0 Å². The van der Waals surface area contributed by atoms with Gasteiger partial charge in [0.05, 0.1) is 17.1 Å². The summed E-state index contributed by atoms with van der Waals surface area (Å²) in [4.78, 5) is 4.08. The maximum absolute atomic E-state index is 5.77. The van der Waals surface area contributed by atoms with Crippen LogP contribution in [0.2, 0.25) is 0 Å². The van der Waals surface area contributed by atoms with Crippen molar-refractivity contribution in [2.24, 2.45) is 0 Å². The van der Waals surface area contributed by atoms with Gasteiger partial charge in [-0.15, -0.1) is 11.6 Å². The molecule has 0 aromatic carbocycles. The van der Waals surface area contributed by atoms with Gasteiger partial charge in [-0.05, 0) is 6.92 Å². The minimum atomic E-state index is -0.246. The average Bonchev–Trinajstić information content (AvgIpc) is 2.75. The minimum Gasteiger partial charge on any atom is -0.334 e. The zero-order valence-corrected chi connectivity index (χ0v) is 7.62. The summed E-state index contributed by atoms with van der Waals surface area (Å²) in [5.74, 6) is 0.911. The molecule has 0 saturated carbocycles. The Labute approximate surface area is 79.1 Å². The van der Waals surface area contributed by atoms with Crippen molar-refractivity contribution in [3.05, 3.63) is 18.2 Å². The van der Waals surface area contributed by atoms with Crippen LogP contribution >= 0.6 is 11.6 Å². The number of aromatic nitrogens is 4. The number of hydrogen-bond donors (Lipinski definition) is 1. The van der Waals surface area contributed by atoms with E-state index >= 15 is 0 Å². The van der Waals surface area contributed by atoms with Crippen LogP contribution in [0, 0.1) is 0 Å². The molecular formula is C7H7ClN4O. The Kier molecular flexibility index (Phi) is 2.02. The van der Waals surface area contributed by atoms with Crippen molar-refractivity contribution in [1.29, 1.82) is 0 Å². The van der Waals surface area contributed by atoms with Crippen LogP contribution in [0.3, 0.4) is 0 Å². The molecule has 0 radical (unpaired) electrons. The van der Waals surface area contributed by atoms with E-state index in [1.54, 1.807) is 19.3 Å². The number of rotatable bonds is 2. The van der Waals surface area contributed by atoms with E-state index in [0.717, 1.165) is 5.56 Å². The fourth-order valence-corrected chi connectivity index (χ4v) is 0.970. The summed E-state index contributed by atoms with van der Waals surface area (Å²) in [5, 5.41) is 9.89. The number of nitrogens with zero attached hydrogens (tertiary/aromatic N) is 3. The predicted molar refractivity (Wildman–Crippen MR) is 46.1 cm³/mol. The number of halogens is 1. The standard InChI is InChI=1S/C7H7ClN4O/c1-4(8)6-11-7(13-12-6)5-2-9-10-3-5/h2-4H,1H3,(H,9,10). The SMILES string of the molecule is CC(Cl)c1noc(-c2cn[nH]c2)n1. The van der Waals surface area contributed by atoms with Crippen LogP contribution in [0.4, 0.5) is 0 Å². The molecule has 0 spiro atoms. The Morgan fingerprint density at radius 3 is 3.00 bits per heavy atom. The Hall–Kier alpha value is -1.36. The normalized spacial score (nSPS) is 13.1. The zero-order chi connectivity index (χ0) is 9.26. The van der Waals surface area contributed by atoms with Crippen molar-refractivity contribution < 1.29 is 4.52 Å². The topological polar surface area (TPSA) is 67.6 Å². The van der Waals surface area contributed by atoms with Crippen LogP contribution in [0.15, 0.2) is 16.9 Å². The van der Waals surface area contributed by atoms with Gasteiger partial charge >= 0.3 is 0 Å². The second-order valence-corrected chi connectivity index (χ2v) is 3.22. The van der Waals surface area contributed by atoms with Crippen LogP contribution in [0.25, 0.3) is 11.5 Å². The predicted octanol–water partition coefficient (Wildman–Crippen LogP) is 1.76. The maximum atomic E-state index is 5.77. The lowest BCUT2D eigenvalue weighted by Gasteiger charge is -1.89. The highest BCUT2D eigenvalue weighted by Crippen LogP contribution is 2.20. The van der Waals surface area contributed by atoms with E-state index in [2.05, 4.69) is 20.3 Å². The van der Waals surface area contributed by atoms with Gasteiger partial charge in [-0.25, -0.2) is 0 Å². The van der Waals surface area contributed by atoms with Crippen molar-refractivity contribution in [3.8, 4) is 11.5 Å². The molecule has 0 fully saturated rings. The largest absolute Gasteiger partial charge is 0.334 e. The molecule has 5 nitrogen and oxygen atoms in total. The van der Waals surface area contributed by atoms with E-state index in [9.17, 15) is 0 Å². The molecule has 1 atom stereocenters. The number of nitrogens with one attached hydrogen (secondary N) is 1. The second-order valence-electron chi connectivity index (χ2n) is 2.56. The molecular weight excluding hydrogens is 192 g/mol. The highest BCUT2D eigenvalue weighted by atomic mass is 35.5. The van der Waals surface area contributed by atoms with Gasteiger partial charge < -0.3 is 4.52 Å². The number of H-pyrrole nitrogens is 1. The third-order valence-corrected chi connectivity index (χ3v) is 1.74.